The van der Waals surface area contributed by atoms with E-state index in [9.17, 15) is 8.78 Å². The summed E-state index contributed by atoms with van der Waals surface area (Å²) in [6.45, 7) is 13.1. The van der Waals surface area contributed by atoms with Crippen molar-refractivity contribution in [2.24, 2.45) is 0 Å². The molecular weight excluding hydrogens is 468 g/mol. The van der Waals surface area contributed by atoms with E-state index in [1.54, 1.807) is 12.3 Å². The number of likely N-dealkylation sites (N-methyl/N-ethyl adjacent to an activating group) is 1. The average Bonchev–Trinajstić information content (AvgIpc) is 3.34. The second-order valence-electron chi connectivity index (χ2n) is 9.95. The van der Waals surface area contributed by atoms with E-state index >= 15 is 0 Å². The lowest BCUT2D eigenvalue weighted by molar-refractivity contribution is 0.190. The first kappa shape index (κ1) is 25.4. The van der Waals surface area contributed by atoms with Gasteiger partial charge in [-0.05, 0) is 55.0 Å². The molecule has 2 aliphatic heterocycles. The maximum atomic E-state index is 14.8. The number of rotatable bonds is 6. The molecule has 37 heavy (non-hydrogen) atoms. The molecule has 5 nitrogen and oxygen atoms in total. The number of pyridine rings is 1. The first-order chi connectivity index (χ1) is 17.9. The highest BCUT2D eigenvalue weighted by Crippen LogP contribution is 2.37. The quantitative estimate of drug-likeness (QED) is 0.549. The zero-order valence-corrected chi connectivity index (χ0v) is 21.7. The first-order valence-corrected chi connectivity index (χ1v) is 13.1. The maximum Gasteiger partial charge on any atom is 0.182 e. The SMILES string of the molecule is C=C(/C=C(\C=C/C)C1=CCc2ncc(-c3cc(F)c(F)c(N4CCNCC4)c3)cc21)N1CCN(C)CC1.[HH].[HH]. The molecular formula is C30H39F2N5. The lowest BCUT2D eigenvalue weighted by atomic mass is 9.96. The molecule has 1 aromatic carbocycles. The van der Waals surface area contributed by atoms with Crippen molar-refractivity contribution in [1.29, 1.82) is 0 Å². The smallest absolute Gasteiger partial charge is 0.182 e. The van der Waals surface area contributed by atoms with Crippen LogP contribution in [-0.4, -0.2) is 74.2 Å². The summed E-state index contributed by atoms with van der Waals surface area (Å²) in [5.74, 6) is -1.62. The summed E-state index contributed by atoms with van der Waals surface area (Å²) >= 11 is 0. The van der Waals surface area contributed by atoms with Crippen LogP contribution in [0.3, 0.4) is 0 Å². The largest absolute Gasteiger partial charge is 0.369 e. The number of allylic oxidation sites excluding steroid dienone is 6. The van der Waals surface area contributed by atoms with Crippen LogP contribution in [0.25, 0.3) is 16.7 Å². The minimum Gasteiger partial charge on any atom is -0.369 e. The van der Waals surface area contributed by atoms with Crippen molar-refractivity contribution in [1.82, 2.24) is 20.1 Å². The number of benzene rings is 1. The molecule has 2 saturated heterocycles. The van der Waals surface area contributed by atoms with Crippen LogP contribution in [0.5, 0.6) is 0 Å². The third-order valence-electron chi connectivity index (χ3n) is 7.45. The molecule has 0 radical (unpaired) electrons. The number of halogens is 2. The predicted octanol–water partition coefficient (Wildman–Crippen LogP) is 5.13. The number of aromatic nitrogens is 1. The van der Waals surface area contributed by atoms with Crippen LogP contribution in [0.15, 0.2) is 66.5 Å². The molecule has 0 spiro atoms. The zero-order valence-electron chi connectivity index (χ0n) is 21.7. The van der Waals surface area contributed by atoms with Gasteiger partial charge in [0.25, 0.3) is 0 Å². The molecule has 1 N–H and O–H groups in total. The molecule has 3 heterocycles. The second kappa shape index (κ2) is 11.0. The predicted molar refractivity (Wildman–Crippen MR) is 152 cm³/mol. The van der Waals surface area contributed by atoms with Crippen molar-refractivity contribution in [3.05, 3.63) is 89.4 Å². The van der Waals surface area contributed by atoms with Gasteiger partial charge in [-0.3, -0.25) is 4.98 Å². The molecule has 0 unspecified atom stereocenters. The van der Waals surface area contributed by atoms with Crippen molar-refractivity contribution in [3.8, 4) is 11.1 Å². The lowest BCUT2D eigenvalue weighted by Crippen LogP contribution is -2.44. The summed E-state index contributed by atoms with van der Waals surface area (Å²) in [5, 5.41) is 3.26. The topological polar surface area (TPSA) is 34.6 Å². The molecule has 2 fully saturated rings. The third kappa shape index (κ3) is 5.38. The highest BCUT2D eigenvalue weighted by Gasteiger charge is 2.23. The summed E-state index contributed by atoms with van der Waals surface area (Å²) in [5.41, 5.74) is 6.92. The number of hydrogen-bond donors (Lipinski definition) is 1. The minimum absolute atomic E-state index is 0. The Labute approximate surface area is 221 Å². The minimum atomic E-state index is -0.833. The van der Waals surface area contributed by atoms with E-state index in [1.165, 1.54) is 6.07 Å². The van der Waals surface area contributed by atoms with Gasteiger partial charge in [-0.1, -0.05) is 24.8 Å². The van der Waals surface area contributed by atoms with Crippen LogP contribution in [0.4, 0.5) is 14.5 Å². The van der Waals surface area contributed by atoms with Crippen LogP contribution >= 0.6 is 0 Å². The van der Waals surface area contributed by atoms with E-state index in [0.29, 0.717) is 24.3 Å². The standard InChI is InChI=1S/C30H35F2N5.2H2/c1-4-5-22(16-21(2)36-14-12-35(3)13-15-36)25-6-7-28-26(25)17-24(20-34-28)23-18-27(31)30(32)29(19-23)37-10-8-33-9-11-37;;/h4-6,16-20,33H,2,7-15H2,1,3H3;2*1H/b5-4-,22-16+;;. The van der Waals surface area contributed by atoms with Gasteiger partial charge in [0, 0.05) is 84.7 Å². The van der Waals surface area contributed by atoms with E-state index in [-0.39, 0.29) is 2.85 Å². The molecule has 1 aromatic heterocycles. The van der Waals surface area contributed by atoms with Crippen LogP contribution < -0.4 is 10.2 Å². The van der Waals surface area contributed by atoms with Gasteiger partial charge in [-0.15, -0.1) is 0 Å². The van der Waals surface area contributed by atoms with Crippen molar-refractivity contribution in [3.63, 3.8) is 0 Å². The van der Waals surface area contributed by atoms with E-state index in [1.807, 2.05) is 17.9 Å². The fourth-order valence-corrected chi connectivity index (χ4v) is 5.27. The van der Waals surface area contributed by atoms with E-state index in [0.717, 1.165) is 79.4 Å². The fraction of sp³-hybridized carbons (Fsp3) is 0.367. The molecule has 0 amide bonds. The normalized spacial score (nSPS) is 18.9. The van der Waals surface area contributed by atoms with E-state index in [4.69, 9.17) is 4.98 Å². The Morgan fingerprint density at radius 3 is 2.54 bits per heavy atom. The molecule has 0 bridgehead atoms. The van der Waals surface area contributed by atoms with E-state index < -0.39 is 11.6 Å². The highest BCUT2D eigenvalue weighted by atomic mass is 19.2. The van der Waals surface area contributed by atoms with Gasteiger partial charge < -0.3 is 20.0 Å². The Morgan fingerprint density at radius 1 is 1.05 bits per heavy atom. The number of piperazine rings is 2. The van der Waals surface area contributed by atoms with Gasteiger partial charge in [0.2, 0.25) is 0 Å². The molecule has 5 rings (SSSR count). The number of fused-ring (bicyclic) bond motifs is 1. The van der Waals surface area contributed by atoms with Gasteiger partial charge in [-0.2, -0.15) is 0 Å². The Kier molecular flexibility index (Phi) is 7.53. The molecule has 7 heteroatoms. The molecule has 3 aliphatic rings. The van der Waals surface area contributed by atoms with Crippen molar-refractivity contribution in [2.75, 3.05) is 64.3 Å². The number of hydrogen-bond acceptors (Lipinski definition) is 5. The van der Waals surface area contributed by atoms with Crippen LogP contribution in [-0.2, 0) is 6.42 Å². The van der Waals surface area contributed by atoms with Gasteiger partial charge >= 0.3 is 0 Å². The van der Waals surface area contributed by atoms with Crippen molar-refractivity contribution >= 4 is 11.3 Å². The number of nitrogens with zero attached hydrogens (tertiary/aromatic N) is 4. The Hall–Kier alpha value is -3.29. The summed E-state index contributed by atoms with van der Waals surface area (Å²) < 4.78 is 29.5. The Balaban J connectivity index is 0.00000210. The van der Waals surface area contributed by atoms with Crippen LogP contribution in [0, 0.1) is 11.6 Å². The third-order valence-corrected chi connectivity index (χ3v) is 7.45. The van der Waals surface area contributed by atoms with Crippen molar-refractivity contribution in [2.45, 2.75) is 13.3 Å². The van der Waals surface area contributed by atoms with Gasteiger partial charge in [-0.25, -0.2) is 8.78 Å². The fourth-order valence-electron chi connectivity index (χ4n) is 5.27. The summed E-state index contributed by atoms with van der Waals surface area (Å²) in [7, 11) is 2.14. The molecule has 198 valence electrons. The van der Waals surface area contributed by atoms with Gasteiger partial charge in [0.15, 0.2) is 11.6 Å². The summed E-state index contributed by atoms with van der Waals surface area (Å²) in [4.78, 5) is 11.3. The van der Waals surface area contributed by atoms with Gasteiger partial charge in [0.05, 0.1) is 11.4 Å². The molecule has 0 saturated carbocycles. The first-order valence-electron chi connectivity index (χ1n) is 13.1. The monoisotopic (exact) mass is 507 g/mol. The molecule has 1 aliphatic carbocycles. The zero-order chi connectivity index (χ0) is 25.9. The van der Waals surface area contributed by atoms with Gasteiger partial charge in [0.1, 0.15) is 0 Å². The van der Waals surface area contributed by atoms with Crippen molar-refractivity contribution < 1.29 is 11.6 Å². The Bertz CT molecular complexity index is 1280. The summed E-state index contributed by atoms with van der Waals surface area (Å²) in [6, 6.07) is 5.09. The van der Waals surface area contributed by atoms with Crippen LogP contribution in [0.2, 0.25) is 0 Å². The molecule has 2 aromatic rings. The highest BCUT2D eigenvalue weighted by molar-refractivity contribution is 5.88. The number of nitrogens with one attached hydrogen (secondary N) is 1. The average molecular weight is 508 g/mol. The second-order valence-corrected chi connectivity index (χ2v) is 9.95. The summed E-state index contributed by atoms with van der Waals surface area (Å²) in [6.07, 6.45) is 11.0. The Morgan fingerprint density at radius 2 is 1.81 bits per heavy atom. The lowest BCUT2D eigenvalue weighted by Gasteiger charge is -2.34. The number of anilines is 1. The van der Waals surface area contributed by atoms with E-state index in [2.05, 4.69) is 53.0 Å². The molecule has 0 atom stereocenters. The van der Waals surface area contributed by atoms with Crippen LogP contribution in [0.1, 0.15) is 21.0 Å². The maximum absolute atomic E-state index is 14.8.